The van der Waals surface area contributed by atoms with Gasteiger partial charge in [-0.2, -0.15) is 0 Å². The van der Waals surface area contributed by atoms with Gasteiger partial charge in [0.25, 0.3) is 0 Å². The predicted octanol–water partition coefficient (Wildman–Crippen LogP) is 3.30. The maximum Gasteiger partial charge on any atom is 0.229 e. The third-order valence-electron chi connectivity index (χ3n) is 3.64. The fraction of sp³-hybridized carbons (Fsp3) is 0.333. The Balaban J connectivity index is 0.00000161. The zero-order valence-corrected chi connectivity index (χ0v) is 13.1. The summed E-state index contributed by atoms with van der Waals surface area (Å²) in [7, 11) is 0. The van der Waals surface area contributed by atoms with Gasteiger partial charge in [0.15, 0.2) is 5.13 Å². The zero-order valence-electron chi connectivity index (χ0n) is 11.5. The first-order chi connectivity index (χ1) is 9.72. The van der Waals surface area contributed by atoms with E-state index in [1.54, 1.807) is 6.20 Å². The SMILES string of the molecule is Cl.NC1CCC(C(=O)Nc2ncc(-c3ccccc3)s2)C1. The van der Waals surface area contributed by atoms with Crippen LogP contribution >= 0.6 is 23.7 Å². The highest BCUT2D eigenvalue weighted by molar-refractivity contribution is 7.19. The molecule has 1 fully saturated rings. The first kappa shape index (κ1) is 15.9. The first-order valence-electron chi connectivity index (χ1n) is 6.80. The molecular formula is C15H18ClN3OS. The summed E-state index contributed by atoms with van der Waals surface area (Å²) in [4.78, 5) is 17.4. The number of carbonyl (C=O) groups is 1. The van der Waals surface area contributed by atoms with E-state index < -0.39 is 0 Å². The Labute approximate surface area is 134 Å². The topological polar surface area (TPSA) is 68.0 Å². The minimum Gasteiger partial charge on any atom is -0.328 e. The standard InChI is InChI=1S/C15H17N3OS.ClH/c16-12-7-6-11(8-12)14(19)18-15-17-9-13(20-15)10-4-2-1-3-5-10;/h1-5,9,11-12H,6-8,16H2,(H,17,18,19);1H. The van der Waals surface area contributed by atoms with E-state index in [9.17, 15) is 4.79 Å². The lowest BCUT2D eigenvalue weighted by atomic mass is 10.1. The molecule has 112 valence electrons. The van der Waals surface area contributed by atoms with E-state index in [0.717, 1.165) is 29.7 Å². The predicted molar refractivity (Wildman–Crippen MR) is 88.7 cm³/mol. The summed E-state index contributed by atoms with van der Waals surface area (Å²) >= 11 is 1.50. The Kier molecular flexibility index (Phi) is 5.33. The van der Waals surface area contributed by atoms with Crippen molar-refractivity contribution >= 4 is 34.8 Å². The van der Waals surface area contributed by atoms with Crippen molar-refractivity contribution in [2.75, 3.05) is 5.32 Å². The molecule has 0 spiro atoms. The van der Waals surface area contributed by atoms with Crippen LogP contribution in [-0.2, 0) is 4.79 Å². The number of nitrogens with one attached hydrogen (secondary N) is 1. The second-order valence-corrected chi connectivity index (χ2v) is 6.19. The molecule has 1 amide bonds. The van der Waals surface area contributed by atoms with Gasteiger partial charge in [-0.05, 0) is 24.8 Å². The van der Waals surface area contributed by atoms with Crippen molar-refractivity contribution in [2.45, 2.75) is 25.3 Å². The van der Waals surface area contributed by atoms with Crippen LogP contribution in [-0.4, -0.2) is 16.9 Å². The quantitative estimate of drug-likeness (QED) is 0.910. The molecule has 2 unspecified atom stereocenters. The summed E-state index contributed by atoms with van der Waals surface area (Å²) in [6.07, 6.45) is 4.40. The molecule has 2 aromatic rings. The van der Waals surface area contributed by atoms with E-state index >= 15 is 0 Å². The Morgan fingerprint density at radius 1 is 1.29 bits per heavy atom. The number of halogens is 1. The van der Waals surface area contributed by atoms with Gasteiger partial charge < -0.3 is 11.1 Å². The number of amides is 1. The van der Waals surface area contributed by atoms with Crippen LogP contribution in [0, 0.1) is 5.92 Å². The van der Waals surface area contributed by atoms with Crippen LogP contribution in [0.1, 0.15) is 19.3 Å². The van der Waals surface area contributed by atoms with Gasteiger partial charge in [0.1, 0.15) is 0 Å². The van der Waals surface area contributed by atoms with E-state index in [-0.39, 0.29) is 30.3 Å². The number of nitrogens with zero attached hydrogens (tertiary/aromatic N) is 1. The van der Waals surface area contributed by atoms with Crippen molar-refractivity contribution < 1.29 is 4.79 Å². The van der Waals surface area contributed by atoms with Crippen molar-refractivity contribution in [3.8, 4) is 10.4 Å². The van der Waals surface area contributed by atoms with Gasteiger partial charge in [-0.3, -0.25) is 4.79 Å². The number of rotatable bonds is 3. The van der Waals surface area contributed by atoms with Crippen molar-refractivity contribution in [2.24, 2.45) is 11.7 Å². The lowest BCUT2D eigenvalue weighted by Gasteiger charge is -2.08. The normalized spacial score (nSPS) is 20.8. The van der Waals surface area contributed by atoms with Crippen LogP contribution in [0.15, 0.2) is 36.5 Å². The molecule has 1 aromatic heterocycles. The minimum absolute atomic E-state index is 0. The number of aromatic nitrogens is 1. The maximum absolute atomic E-state index is 12.1. The van der Waals surface area contributed by atoms with Crippen LogP contribution < -0.4 is 11.1 Å². The minimum atomic E-state index is 0. The van der Waals surface area contributed by atoms with E-state index in [2.05, 4.69) is 10.3 Å². The van der Waals surface area contributed by atoms with Crippen LogP contribution in [0.25, 0.3) is 10.4 Å². The van der Waals surface area contributed by atoms with Crippen molar-refractivity contribution in [3.05, 3.63) is 36.5 Å². The fourth-order valence-corrected chi connectivity index (χ4v) is 3.35. The maximum atomic E-state index is 12.1. The number of anilines is 1. The molecule has 0 aliphatic heterocycles. The second-order valence-electron chi connectivity index (χ2n) is 5.15. The Bertz CT molecular complexity index is 602. The molecule has 1 saturated carbocycles. The zero-order chi connectivity index (χ0) is 13.9. The molecule has 0 saturated heterocycles. The van der Waals surface area contributed by atoms with Crippen molar-refractivity contribution in [3.63, 3.8) is 0 Å². The summed E-state index contributed by atoms with van der Waals surface area (Å²) in [6.45, 7) is 0. The molecule has 3 rings (SSSR count). The van der Waals surface area contributed by atoms with Gasteiger partial charge in [-0.25, -0.2) is 4.98 Å². The molecule has 3 N–H and O–H groups in total. The number of nitrogens with two attached hydrogens (primary N) is 1. The molecule has 4 nitrogen and oxygen atoms in total. The number of thiazole rings is 1. The number of carbonyl (C=O) groups excluding carboxylic acids is 1. The van der Waals surface area contributed by atoms with Gasteiger partial charge in [-0.1, -0.05) is 41.7 Å². The lowest BCUT2D eigenvalue weighted by molar-refractivity contribution is -0.119. The first-order valence-corrected chi connectivity index (χ1v) is 7.62. The highest BCUT2D eigenvalue weighted by Gasteiger charge is 2.28. The van der Waals surface area contributed by atoms with Crippen LogP contribution in [0.4, 0.5) is 5.13 Å². The van der Waals surface area contributed by atoms with Crippen molar-refractivity contribution in [1.82, 2.24) is 4.98 Å². The van der Waals surface area contributed by atoms with Gasteiger partial charge in [0.05, 0.1) is 4.88 Å². The largest absolute Gasteiger partial charge is 0.328 e. The molecule has 0 bridgehead atoms. The number of hydrogen-bond donors (Lipinski definition) is 2. The van der Waals surface area contributed by atoms with Gasteiger partial charge in [-0.15, -0.1) is 12.4 Å². The average molecular weight is 324 g/mol. The summed E-state index contributed by atoms with van der Waals surface area (Å²) in [6, 6.07) is 10.2. The van der Waals surface area contributed by atoms with Crippen LogP contribution in [0.3, 0.4) is 0 Å². The van der Waals surface area contributed by atoms with Gasteiger partial charge in [0, 0.05) is 18.2 Å². The molecule has 1 aliphatic carbocycles. The molecule has 0 radical (unpaired) electrons. The average Bonchev–Trinajstić information content (AvgIpc) is 3.09. The summed E-state index contributed by atoms with van der Waals surface area (Å²) in [5.74, 6) is 0.0842. The summed E-state index contributed by atoms with van der Waals surface area (Å²) in [5.41, 5.74) is 6.96. The molecule has 6 heteroatoms. The van der Waals surface area contributed by atoms with E-state index in [0.29, 0.717) is 5.13 Å². The third kappa shape index (κ3) is 3.81. The lowest BCUT2D eigenvalue weighted by Crippen LogP contribution is -2.23. The Morgan fingerprint density at radius 2 is 2.05 bits per heavy atom. The highest BCUT2D eigenvalue weighted by Crippen LogP contribution is 2.30. The molecule has 2 atom stereocenters. The Morgan fingerprint density at radius 3 is 2.71 bits per heavy atom. The van der Waals surface area contributed by atoms with Gasteiger partial charge >= 0.3 is 0 Å². The molecule has 1 aromatic carbocycles. The number of hydrogen-bond acceptors (Lipinski definition) is 4. The smallest absolute Gasteiger partial charge is 0.229 e. The molecule has 1 heterocycles. The summed E-state index contributed by atoms with van der Waals surface area (Å²) < 4.78 is 0. The molecule has 21 heavy (non-hydrogen) atoms. The molecular weight excluding hydrogens is 306 g/mol. The third-order valence-corrected chi connectivity index (χ3v) is 4.60. The van der Waals surface area contributed by atoms with Crippen molar-refractivity contribution in [1.29, 1.82) is 0 Å². The fourth-order valence-electron chi connectivity index (χ4n) is 2.53. The molecule has 1 aliphatic rings. The summed E-state index contributed by atoms with van der Waals surface area (Å²) in [5, 5.41) is 3.57. The van der Waals surface area contributed by atoms with Crippen LogP contribution in [0.2, 0.25) is 0 Å². The highest BCUT2D eigenvalue weighted by atomic mass is 35.5. The van der Waals surface area contributed by atoms with Gasteiger partial charge in [0.2, 0.25) is 5.91 Å². The number of benzene rings is 1. The van der Waals surface area contributed by atoms with Crippen LogP contribution in [0.5, 0.6) is 0 Å². The second kappa shape index (κ2) is 7.02. The van der Waals surface area contributed by atoms with E-state index in [1.807, 2.05) is 30.3 Å². The van der Waals surface area contributed by atoms with E-state index in [1.165, 1.54) is 11.3 Å². The van der Waals surface area contributed by atoms with E-state index in [4.69, 9.17) is 5.73 Å². The Hall–Kier alpha value is -1.43. The monoisotopic (exact) mass is 323 g/mol.